The molecule has 5 nitrogen and oxygen atoms in total. The van der Waals surface area contributed by atoms with Gasteiger partial charge in [0.15, 0.2) is 0 Å². The van der Waals surface area contributed by atoms with E-state index in [9.17, 15) is 18.0 Å². The zero-order valence-electron chi connectivity index (χ0n) is 9.64. The smallest absolute Gasteiger partial charge is 0.417 e. The van der Waals surface area contributed by atoms with Crippen LogP contribution < -0.4 is 0 Å². The van der Waals surface area contributed by atoms with Gasteiger partial charge in [0.05, 0.1) is 11.3 Å². The first-order valence-corrected chi connectivity index (χ1v) is 5.09. The third kappa shape index (κ3) is 2.42. The summed E-state index contributed by atoms with van der Waals surface area (Å²) in [6, 6.07) is 1.90. The summed E-state index contributed by atoms with van der Waals surface area (Å²) < 4.78 is 39.5. The number of pyridine rings is 1. The summed E-state index contributed by atoms with van der Waals surface area (Å²) in [4.78, 5) is 14.5. The van der Waals surface area contributed by atoms with Crippen molar-refractivity contribution in [2.75, 3.05) is 0 Å². The quantitative estimate of drug-likeness (QED) is 0.909. The van der Waals surface area contributed by atoms with E-state index in [1.54, 1.807) is 0 Å². The minimum Gasteiger partial charge on any atom is -0.477 e. The summed E-state index contributed by atoms with van der Waals surface area (Å²) in [5.74, 6) is -1.27. The normalized spacial score (nSPS) is 11.6. The average molecular weight is 271 g/mol. The molecule has 2 aromatic heterocycles. The Hall–Kier alpha value is -2.38. The lowest BCUT2D eigenvalue weighted by atomic mass is 10.1. The van der Waals surface area contributed by atoms with Crippen LogP contribution in [-0.4, -0.2) is 25.8 Å². The molecule has 1 N–H and O–H groups in total. The lowest BCUT2D eigenvalue weighted by molar-refractivity contribution is -0.137. The second kappa shape index (κ2) is 4.38. The maximum Gasteiger partial charge on any atom is 0.417 e. The number of hydrogen-bond donors (Lipinski definition) is 1. The summed E-state index contributed by atoms with van der Waals surface area (Å²) in [6.07, 6.45) is -2.52. The molecule has 0 amide bonds. The molecule has 0 bridgehead atoms. The molecule has 0 saturated carbocycles. The SMILES string of the molecule is Cn1nc(-c2cnccc2C(F)(F)F)cc1C(=O)O. The van der Waals surface area contributed by atoms with Crippen LogP contribution in [0.4, 0.5) is 13.2 Å². The number of rotatable bonds is 2. The lowest BCUT2D eigenvalue weighted by Gasteiger charge is -2.09. The fourth-order valence-corrected chi connectivity index (χ4v) is 1.64. The van der Waals surface area contributed by atoms with E-state index in [4.69, 9.17) is 5.11 Å². The van der Waals surface area contributed by atoms with Gasteiger partial charge in [0, 0.05) is 25.0 Å². The predicted octanol–water partition coefficient (Wildman–Crippen LogP) is 2.20. The molecule has 2 aromatic rings. The van der Waals surface area contributed by atoms with Gasteiger partial charge >= 0.3 is 12.1 Å². The van der Waals surface area contributed by atoms with Gasteiger partial charge in [-0.2, -0.15) is 18.3 Å². The summed E-state index contributed by atoms with van der Waals surface area (Å²) >= 11 is 0. The van der Waals surface area contributed by atoms with Crippen LogP contribution >= 0.6 is 0 Å². The first kappa shape index (κ1) is 13.1. The van der Waals surface area contributed by atoms with Crippen LogP contribution in [0.25, 0.3) is 11.3 Å². The number of aryl methyl sites for hydroxylation is 1. The van der Waals surface area contributed by atoms with Gasteiger partial charge in [0.2, 0.25) is 0 Å². The van der Waals surface area contributed by atoms with E-state index < -0.39 is 17.7 Å². The third-order valence-corrected chi connectivity index (χ3v) is 2.50. The molecule has 19 heavy (non-hydrogen) atoms. The molecule has 2 rings (SSSR count). The highest BCUT2D eigenvalue weighted by atomic mass is 19.4. The third-order valence-electron chi connectivity index (χ3n) is 2.50. The molecule has 0 fully saturated rings. The van der Waals surface area contributed by atoms with Crippen molar-refractivity contribution in [3.8, 4) is 11.3 Å². The van der Waals surface area contributed by atoms with Gasteiger partial charge in [-0.1, -0.05) is 0 Å². The minimum atomic E-state index is -4.56. The molecule has 0 unspecified atom stereocenters. The van der Waals surface area contributed by atoms with Crippen molar-refractivity contribution in [2.45, 2.75) is 6.18 Å². The summed E-state index contributed by atoms with van der Waals surface area (Å²) in [5.41, 5.74) is -1.44. The molecule has 0 aliphatic carbocycles. The summed E-state index contributed by atoms with van der Waals surface area (Å²) in [6.45, 7) is 0. The highest BCUT2D eigenvalue weighted by molar-refractivity contribution is 5.87. The summed E-state index contributed by atoms with van der Waals surface area (Å²) in [7, 11) is 1.34. The van der Waals surface area contributed by atoms with E-state index in [2.05, 4.69) is 10.1 Å². The molecule has 0 atom stereocenters. The molecule has 0 aliphatic heterocycles. The zero-order chi connectivity index (χ0) is 14.2. The Morgan fingerprint density at radius 3 is 2.63 bits per heavy atom. The number of hydrogen-bond acceptors (Lipinski definition) is 3. The van der Waals surface area contributed by atoms with Crippen LogP contribution in [0.3, 0.4) is 0 Å². The Bertz CT molecular complexity index is 634. The van der Waals surface area contributed by atoms with Gasteiger partial charge < -0.3 is 5.11 Å². The Kier molecular flexibility index (Phi) is 3.01. The fourth-order valence-electron chi connectivity index (χ4n) is 1.64. The van der Waals surface area contributed by atoms with Crippen LogP contribution in [0.15, 0.2) is 24.5 Å². The van der Waals surface area contributed by atoms with Crippen molar-refractivity contribution in [1.29, 1.82) is 0 Å². The molecule has 100 valence electrons. The number of aromatic carboxylic acids is 1. The maximum atomic E-state index is 12.8. The molecule has 8 heteroatoms. The highest BCUT2D eigenvalue weighted by Crippen LogP contribution is 2.35. The van der Waals surface area contributed by atoms with Gasteiger partial charge in [-0.25, -0.2) is 4.79 Å². The average Bonchev–Trinajstić information content (AvgIpc) is 2.70. The van der Waals surface area contributed by atoms with Crippen molar-refractivity contribution < 1.29 is 23.1 Å². The zero-order valence-corrected chi connectivity index (χ0v) is 9.64. The van der Waals surface area contributed by atoms with Gasteiger partial charge in [0.25, 0.3) is 0 Å². The Morgan fingerprint density at radius 1 is 1.42 bits per heavy atom. The molecule has 0 saturated heterocycles. The first-order valence-electron chi connectivity index (χ1n) is 5.09. The van der Waals surface area contributed by atoms with E-state index in [0.717, 1.165) is 29.2 Å². The largest absolute Gasteiger partial charge is 0.477 e. The second-order valence-corrected chi connectivity index (χ2v) is 3.76. The molecular weight excluding hydrogens is 263 g/mol. The van der Waals surface area contributed by atoms with Crippen LogP contribution in [0, 0.1) is 0 Å². The fraction of sp³-hybridized carbons (Fsp3) is 0.182. The molecule has 2 heterocycles. The number of nitrogens with zero attached hydrogens (tertiary/aromatic N) is 3. The van der Waals surface area contributed by atoms with E-state index in [1.165, 1.54) is 7.05 Å². The number of aromatic nitrogens is 3. The summed E-state index contributed by atoms with van der Waals surface area (Å²) in [5, 5.41) is 12.6. The van der Waals surface area contributed by atoms with Crippen LogP contribution in [0.1, 0.15) is 16.1 Å². The van der Waals surface area contributed by atoms with Crippen LogP contribution in [-0.2, 0) is 13.2 Å². The van der Waals surface area contributed by atoms with Crippen molar-refractivity contribution in [1.82, 2.24) is 14.8 Å². The number of carboxylic acids is 1. The predicted molar refractivity (Wildman–Crippen MR) is 58.4 cm³/mol. The monoisotopic (exact) mass is 271 g/mol. The number of carboxylic acid groups (broad SMARTS) is 1. The Labute approximate surface area is 105 Å². The Morgan fingerprint density at radius 2 is 2.11 bits per heavy atom. The molecule has 0 radical (unpaired) electrons. The molecule has 0 aliphatic rings. The second-order valence-electron chi connectivity index (χ2n) is 3.76. The van der Waals surface area contributed by atoms with Crippen molar-refractivity contribution >= 4 is 5.97 Å². The number of carbonyl (C=O) groups is 1. The number of alkyl halides is 3. The van der Waals surface area contributed by atoms with E-state index in [1.807, 2.05) is 0 Å². The van der Waals surface area contributed by atoms with Crippen molar-refractivity contribution in [3.63, 3.8) is 0 Å². The lowest BCUT2D eigenvalue weighted by Crippen LogP contribution is -2.07. The molecular formula is C11H8F3N3O2. The molecule has 0 aromatic carbocycles. The van der Waals surface area contributed by atoms with Crippen molar-refractivity contribution in [3.05, 3.63) is 35.8 Å². The first-order chi connectivity index (χ1) is 8.80. The van der Waals surface area contributed by atoms with Gasteiger partial charge in [-0.15, -0.1) is 0 Å². The van der Waals surface area contributed by atoms with Crippen LogP contribution in [0.2, 0.25) is 0 Å². The van der Waals surface area contributed by atoms with E-state index in [0.29, 0.717) is 0 Å². The highest BCUT2D eigenvalue weighted by Gasteiger charge is 2.34. The van der Waals surface area contributed by atoms with Gasteiger partial charge in [0.1, 0.15) is 5.69 Å². The maximum absolute atomic E-state index is 12.8. The van der Waals surface area contributed by atoms with Gasteiger partial charge in [-0.3, -0.25) is 9.67 Å². The van der Waals surface area contributed by atoms with Crippen molar-refractivity contribution in [2.24, 2.45) is 7.05 Å². The standard InChI is InChI=1S/C11H8F3N3O2/c1-17-9(10(18)19)4-8(16-17)6-5-15-3-2-7(6)11(12,13)14/h2-5H,1H3,(H,18,19). The molecule has 0 spiro atoms. The number of halogens is 3. The Balaban J connectivity index is 2.60. The van der Waals surface area contributed by atoms with Gasteiger partial charge in [-0.05, 0) is 12.1 Å². The van der Waals surface area contributed by atoms with E-state index >= 15 is 0 Å². The van der Waals surface area contributed by atoms with Crippen LogP contribution in [0.5, 0.6) is 0 Å². The minimum absolute atomic E-state index is 0.0830. The van der Waals surface area contributed by atoms with E-state index in [-0.39, 0.29) is 17.0 Å². The topological polar surface area (TPSA) is 68.0 Å².